The topological polar surface area (TPSA) is 26.0 Å². The molecule has 0 aliphatic heterocycles. The molecule has 0 bridgehead atoms. The molecule has 0 aromatic heterocycles. The highest BCUT2D eigenvalue weighted by molar-refractivity contribution is 9.10. The van der Waals surface area contributed by atoms with Gasteiger partial charge in [0.25, 0.3) is 0 Å². The fraction of sp³-hybridized carbons (Fsp3) is 0.294. The zero-order valence-corrected chi connectivity index (χ0v) is 13.1. The molecule has 0 saturated carbocycles. The first kappa shape index (κ1) is 14.3. The number of hydrogen-bond donors (Lipinski definition) is 1. The summed E-state index contributed by atoms with van der Waals surface area (Å²) in [7, 11) is 0. The molecule has 0 heterocycles. The van der Waals surface area contributed by atoms with Crippen molar-refractivity contribution in [2.24, 2.45) is 5.73 Å². The molecule has 2 rings (SSSR count). The van der Waals surface area contributed by atoms with E-state index in [1.807, 2.05) is 12.1 Å². The lowest BCUT2D eigenvalue weighted by Crippen LogP contribution is -2.12. The van der Waals surface area contributed by atoms with E-state index in [4.69, 9.17) is 5.73 Å². The fourth-order valence-corrected chi connectivity index (χ4v) is 2.64. The summed E-state index contributed by atoms with van der Waals surface area (Å²) in [6.07, 6.45) is 2.14. The largest absolute Gasteiger partial charge is 0.320 e. The highest BCUT2D eigenvalue weighted by Crippen LogP contribution is 2.24. The minimum Gasteiger partial charge on any atom is -0.320 e. The van der Waals surface area contributed by atoms with Gasteiger partial charge in [-0.3, -0.25) is 0 Å². The monoisotopic (exact) mass is 317 g/mol. The van der Waals surface area contributed by atoms with Crippen LogP contribution in [0.15, 0.2) is 46.9 Å². The summed E-state index contributed by atoms with van der Waals surface area (Å²) < 4.78 is 1.08. The van der Waals surface area contributed by atoms with Crippen LogP contribution in [0, 0.1) is 0 Å². The Morgan fingerprint density at radius 2 is 1.47 bits per heavy atom. The van der Waals surface area contributed by atoms with Crippen LogP contribution >= 0.6 is 15.9 Å². The quantitative estimate of drug-likeness (QED) is 0.874. The molecule has 0 saturated heterocycles. The van der Waals surface area contributed by atoms with E-state index in [2.05, 4.69) is 60.1 Å². The van der Waals surface area contributed by atoms with Crippen molar-refractivity contribution in [3.05, 3.63) is 69.2 Å². The number of rotatable bonds is 4. The van der Waals surface area contributed by atoms with Gasteiger partial charge in [0, 0.05) is 4.47 Å². The van der Waals surface area contributed by atoms with E-state index in [-0.39, 0.29) is 6.04 Å². The summed E-state index contributed by atoms with van der Waals surface area (Å²) in [5.41, 5.74) is 11.5. The second-order valence-electron chi connectivity index (χ2n) is 4.76. The Labute approximate surface area is 124 Å². The first-order valence-electron chi connectivity index (χ1n) is 6.78. The van der Waals surface area contributed by atoms with Crippen molar-refractivity contribution in [2.45, 2.75) is 32.7 Å². The Morgan fingerprint density at radius 3 is 2.05 bits per heavy atom. The average molecular weight is 318 g/mol. The Hall–Kier alpha value is -1.12. The van der Waals surface area contributed by atoms with E-state index in [0.717, 1.165) is 22.9 Å². The summed E-state index contributed by atoms with van der Waals surface area (Å²) in [5, 5.41) is 0. The molecule has 0 spiro atoms. The molecule has 100 valence electrons. The molecule has 0 fully saturated rings. The predicted molar refractivity (Wildman–Crippen MR) is 85.4 cm³/mol. The summed E-state index contributed by atoms with van der Waals surface area (Å²) in [6, 6.07) is 14.8. The van der Waals surface area contributed by atoms with Crippen LogP contribution in [0.3, 0.4) is 0 Å². The Balaban J connectivity index is 2.33. The van der Waals surface area contributed by atoms with Gasteiger partial charge >= 0.3 is 0 Å². The lowest BCUT2D eigenvalue weighted by molar-refractivity contribution is 0.863. The number of nitrogens with two attached hydrogens (primary N) is 1. The number of halogens is 1. The van der Waals surface area contributed by atoms with Gasteiger partial charge in [0.2, 0.25) is 0 Å². The highest BCUT2D eigenvalue weighted by Gasteiger charge is 2.10. The molecule has 2 aromatic carbocycles. The first-order valence-corrected chi connectivity index (χ1v) is 7.57. The minimum absolute atomic E-state index is 0.0516. The summed E-state index contributed by atoms with van der Waals surface area (Å²) in [4.78, 5) is 0. The first-order chi connectivity index (χ1) is 9.15. The van der Waals surface area contributed by atoms with Gasteiger partial charge in [-0.2, -0.15) is 0 Å². The molecule has 2 heteroatoms. The van der Waals surface area contributed by atoms with Crippen LogP contribution in [0.4, 0.5) is 0 Å². The zero-order chi connectivity index (χ0) is 13.8. The van der Waals surface area contributed by atoms with Crippen LogP contribution < -0.4 is 5.73 Å². The molecular weight excluding hydrogens is 298 g/mol. The summed E-state index contributed by atoms with van der Waals surface area (Å²) in [5.74, 6) is 0. The van der Waals surface area contributed by atoms with E-state index >= 15 is 0 Å². The van der Waals surface area contributed by atoms with Crippen molar-refractivity contribution >= 4 is 15.9 Å². The van der Waals surface area contributed by atoms with Crippen molar-refractivity contribution in [2.75, 3.05) is 0 Å². The maximum Gasteiger partial charge on any atom is 0.0551 e. The van der Waals surface area contributed by atoms with Gasteiger partial charge in [-0.15, -0.1) is 0 Å². The molecule has 1 atom stereocenters. The molecular formula is C17H20BrN. The maximum atomic E-state index is 6.37. The van der Waals surface area contributed by atoms with Crippen molar-refractivity contribution < 1.29 is 0 Å². The standard InChI is InChI=1S/C17H20BrN/c1-3-12-5-6-15(11-13(12)4-2)17(19)14-7-9-16(18)10-8-14/h5-11,17H,3-4,19H2,1-2H3. The second kappa shape index (κ2) is 6.36. The molecule has 1 unspecified atom stereocenters. The number of aryl methyl sites for hydroxylation is 2. The lowest BCUT2D eigenvalue weighted by Gasteiger charge is -2.15. The molecule has 0 radical (unpaired) electrons. The van der Waals surface area contributed by atoms with E-state index < -0.39 is 0 Å². The summed E-state index contributed by atoms with van der Waals surface area (Å²) in [6.45, 7) is 4.40. The number of benzene rings is 2. The molecule has 2 aromatic rings. The zero-order valence-electron chi connectivity index (χ0n) is 11.5. The molecule has 19 heavy (non-hydrogen) atoms. The van der Waals surface area contributed by atoms with Gasteiger partial charge in [-0.25, -0.2) is 0 Å². The van der Waals surface area contributed by atoms with Gasteiger partial charge in [0.15, 0.2) is 0 Å². The molecule has 0 aliphatic rings. The van der Waals surface area contributed by atoms with Crippen molar-refractivity contribution in [3.63, 3.8) is 0 Å². The van der Waals surface area contributed by atoms with Gasteiger partial charge in [-0.05, 0) is 47.2 Å². The SMILES string of the molecule is CCc1ccc(C(N)c2ccc(Br)cc2)cc1CC. The van der Waals surface area contributed by atoms with Crippen molar-refractivity contribution in [3.8, 4) is 0 Å². The number of hydrogen-bond acceptors (Lipinski definition) is 1. The van der Waals surface area contributed by atoms with Gasteiger partial charge in [0.1, 0.15) is 0 Å². The third-order valence-corrected chi connectivity index (χ3v) is 4.11. The van der Waals surface area contributed by atoms with E-state index in [9.17, 15) is 0 Å². The molecule has 0 aliphatic carbocycles. The van der Waals surface area contributed by atoms with Crippen LogP contribution in [0.2, 0.25) is 0 Å². The van der Waals surface area contributed by atoms with Gasteiger partial charge in [0.05, 0.1) is 6.04 Å². The predicted octanol–water partition coefficient (Wildman–Crippen LogP) is 4.62. The van der Waals surface area contributed by atoms with Crippen LogP contribution in [0.25, 0.3) is 0 Å². The van der Waals surface area contributed by atoms with E-state index in [1.165, 1.54) is 16.7 Å². The molecule has 2 N–H and O–H groups in total. The van der Waals surface area contributed by atoms with Gasteiger partial charge < -0.3 is 5.73 Å². The smallest absolute Gasteiger partial charge is 0.0551 e. The minimum atomic E-state index is -0.0516. The van der Waals surface area contributed by atoms with Crippen LogP contribution in [0.5, 0.6) is 0 Å². The van der Waals surface area contributed by atoms with E-state index in [1.54, 1.807) is 0 Å². The summed E-state index contributed by atoms with van der Waals surface area (Å²) >= 11 is 3.45. The van der Waals surface area contributed by atoms with Crippen LogP contribution in [-0.4, -0.2) is 0 Å². The Kier molecular flexibility index (Phi) is 4.78. The van der Waals surface area contributed by atoms with Crippen LogP contribution in [-0.2, 0) is 12.8 Å². The lowest BCUT2D eigenvalue weighted by atomic mass is 9.94. The normalized spacial score (nSPS) is 12.4. The third-order valence-electron chi connectivity index (χ3n) is 3.58. The second-order valence-corrected chi connectivity index (χ2v) is 5.68. The fourth-order valence-electron chi connectivity index (χ4n) is 2.38. The highest BCUT2D eigenvalue weighted by atomic mass is 79.9. The average Bonchev–Trinajstić information content (AvgIpc) is 2.46. The molecule has 0 amide bonds. The molecule has 1 nitrogen and oxygen atoms in total. The third kappa shape index (κ3) is 3.26. The Morgan fingerprint density at radius 1 is 0.895 bits per heavy atom. The van der Waals surface area contributed by atoms with Crippen LogP contribution in [0.1, 0.15) is 42.1 Å². The Bertz CT molecular complexity index is 546. The van der Waals surface area contributed by atoms with Gasteiger partial charge in [-0.1, -0.05) is 60.1 Å². The maximum absolute atomic E-state index is 6.37. The van der Waals surface area contributed by atoms with Crippen molar-refractivity contribution in [1.29, 1.82) is 0 Å². The van der Waals surface area contributed by atoms with E-state index in [0.29, 0.717) is 0 Å². The van der Waals surface area contributed by atoms with Crippen molar-refractivity contribution in [1.82, 2.24) is 0 Å².